The van der Waals surface area contributed by atoms with E-state index in [1.54, 1.807) is 0 Å². The van der Waals surface area contributed by atoms with Gasteiger partial charge in [-0.15, -0.1) is 0 Å². The van der Waals surface area contributed by atoms with E-state index in [9.17, 15) is 0 Å². The van der Waals surface area contributed by atoms with E-state index in [2.05, 4.69) is 20.6 Å². The molecule has 3 heterocycles. The first-order valence-corrected chi connectivity index (χ1v) is 7.62. The van der Waals surface area contributed by atoms with E-state index in [4.69, 9.17) is 16.2 Å². The lowest BCUT2D eigenvalue weighted by molar-refractivity contribution is 0.0535. The molecule has 0 fully saturated rings. The molecule has 1 atom stereocenters. The Labute approximate surface area is 128 Å². The van der Waals surface area contributed by atoms with E-state index in [-0.39, 0.29) is 6.04 Å². The Morgan fingerprint density at radius 3 is 3.00 bits per heavy atom. The lowest BCUT2D eigenvalue weighted by Crippen LogP contribution is -2.24. The fraction of sp³-hybridized carbons (Fsp3) is 0.375. The molecule has 1 aliphatic heterocycles. The van der Waals surface area contributed by atoms with Crippen LogP contribution in [0.4, 0.5) is 5.82 Å². The number of benzene rings is 1. The molecule has 0 radical (unpaired) electrons. The van der Waals surface area contributed by atoms with Crippen LogP contribution in [0, 0.1) is 0 Å². The van der Waals surface area contributed by atoms with Gasteiger partial charge in [-0.3, -0.25) is 0 Å². The monoisotopic (exact) mass is 297 g/mol. The quantitative estimate of drug-likeness (QED) is 0.771. The Kier molecular flexibility index (Phi) is 3.20. The van der Waals surface area contributed by atoms with E-state index < -0.39 is 0 Å². The lowest BCUT2D eigenvalue weighted by Gasteiger charge is -2.26. The highest BCUT2D eigenvalue weighted by Gasteiger charge is 2.26. The average Bonchev–Trinajstić information content (AvgIpc) is 2.94. The van der Waals surface area contributed by atoms with Crippen molar-refractivity contribution >= 4 is 27.8 Å². The Morgan fingerprint density at radius 1 is 1.27 bits per heavy atom. The van der Waals surface area contributed by atoms with E-state index in [1.807, 2.05) is 18.2 Å². The van der Waals surface area contributed by atoms with Gasteiger partial charge in [0.25, 0.3) is 0 Å². The van der Waals surface area contributed by atoms with E-state index in [0.717, 1.165) is 40.6 Å². The molecule has 0 saturated heterocycles. The van der Waals surface area contributed by atoms with Crippen LogP contribution in [0.1, 0.15) is 24.7 Å². The Morgan fingerprint density at radius 2 is 2.14 bits per heavy atom. The van der Waals surface area contributed by atoms with Crippen LogP contribution >= 0.6 is 0 Å². The minimum atomic E-state index is 0.252. The number of nitrogens with two attached hydrogens (primary N) is 2. The third kappa shape index (κ3) is 1.95. The zero-order chi connectivity index (χ0) is 15.1. The molecule has 4 rings (SSSR count). The molecule has 0 spiro atoms. The Hall–Kier alpha value is -2.18. The summed E-state index contributed by atoms with van der Waals surface area (Å²) >= 11 is 0. The van der Waals surface area contributed by atoms with Crippen LogP contribution < -0.4 is 11.5 Å². The van der Waals surface area contributed by atoms with Gasteiger partial charge < -0.3 is 20.8 Å². The summed E-state index contributed by atoms with van der Waals surface area (Å²) in [6, 6.07) is 8.31. The third-order valence-corrected chi connectivity index (χ3v) is 4.27. The summed E-state index contributed by atoms with van der Waals surface area (Å²) in [4.78, 5) is 9.16. The minimum absolute atomic E-state index is 0.252. The standard InChI is InChI=1S/C16H19N5O/c17-7-3-4-10-8-22-9-13-20-14-15(21(10)13)11-5-1-2-6-12(11)19-16(14)18/h1-2,5-6,10H,3-4,7-9,17H2,(H2,18,19)/t10-/m1/s1. The topological polar surface area (TPSA) is 92.0 Å². The highest BCUT2D eigenvalue weighted by molar-refractivity contribution is 6.06. The van der Waals surface area contributed by atoms with Gasteiger partial charge in [0.2, 0.25) is 0 Å². The number of hydrogen-bond acceptors (Lipinski definition) is 5. The zero-order valence-electron chi connectivity index (χ0n) is 12.3. The molecule has 0 aliphatic carbocycles. The van der Waals surface area contributed by atoms with Crippen LogP contribution in [-0.4, -0.2) is 27.7 Å². The van der Waals surface area contributed by atoms with E-state index in [1.165, 1.54) is 0 Å². The highest BCUT2D eigenvalue weighted by atomic mass is 16.5. The van der Waals surface area contributed by atoms with Crippen molar-refractivity contribution in [1.29, 1.82) is 0 Å². The predicted molar refractivity (Wildman–Crippen MR) is 86.4 cm³/mol. The maximum Gasteiger partial charge on any atom is 0.152 e. The molecule has 0 saturated carbocycles. The maximum absolute atomic E-state index is 6.13. The van der Waals surface area contributed by atoms with Gasteiger partial charge in [0.05, 0.1) is 23.7 Å². The van der Waals surface area contributed by atoms with Crippen molar-refractivity contribution in [1.82, 2.24) is 14.5 Å². The van der Waals surface area contributed by atoms with Gasteiger partial charge >= 0.3 is 0 Å². The number of pyridine rings is 1. The molecule has 0 unspecified atom stereocenters. The van der Waals surface area contributed by atoms with Crippen molar-refractivity contribution in [2.45, 2.75) is 25.5 Å². The van der Waals surface area contributed by atoms with Gasteiger partial charge in [-0.25, -0.2) is 9.97 Å². The molecule has 2 aromatic heterocycles. The second kappa shape index (κ2) is 5.23. The molecule has 1 aliphatic rings. The number of anilines is 1. The summed E-state index contributed by atoms with van der Waals surface area (Å²) in [6.07, 6.45) is 1.94. The number of para-hydroxylation sites is 1. The summed E-state index contributed by atoms with van der Waals surface area (Å²) in [7, 11) is 0. The molecule has 0 bridgehead atoms. The van der Waals surface area contributed by atoms with E-state index >= 15 is 0 Å². The maximum atomic E-state index is 6.13. The molecule has 22 heavy (non-hydrogen) atoms. The van der Waals surface area contributed by atoms with Crippen molar-refractivity contribution in [2.24, 2.45) is 5.73 Å². The first-order valence-electron chi connectivity index (χ1n) is 7.62. The van der Waals surface area contributed by atoms with Crippen molar-refractivity contribution in [3.05, 3.63) is 30.1 Å². The molecule has 0 amide bonds. The largest absolute Gasteiger partial charge is 0.382 e. The first kappa shape index (κ1) is 13.5. The van der Waals surface area contributed by atoms with Crippen molar-refractivity contribution in [3.63, 3.8) is 0 Å². The van der Waals surface area contributed by atoms with Crippen molar-refractivity contribution in [2.75, 3.05) is 18.9 Å². The summed E-state index contributed by atoms with van der Waals surface area (Å²) < 4.78 is 7.99. The number of fused-ring (bicyclic) bond motifs is 5. The number of ether oxygens (including phenoxy) is 1. The van der Waals surface area contributed by atoms with Gasteiger partial charge in [0.15, 0.2) is 5.82 Å². The average molecular weight is 297 g/mol. The molecule has 1 aromatic carbocycles. The molecular formula is C16H19N5O. The Balaban J connectivity index is 2.02. The summed E-state index contributed by atoms with van der Waals surface area (Å²) in [5.41, 5.74) is 14.6. The number of imidazole rings is 1. The normalized spacial score (nSPS) is 18.0. The number of rotatable bonds is 3. The van der Waals surface area contributed by atoms with Crippen molar-refractivity contribution < 1.29 is 4.74 Å². The summed E-state index contributed by atoms with van der Waals surface area (Å²) in [6.45, 7) is 1.89. The number of nitrogens with zero attached hydrogens (tertiary/aromatic N) is 3. The molecule has 6 nitrogen and oxygen atoms in total. The van der Waals surface area contributed by atoms with Crippen LogP contribution in [0.15, 0.2) is 24.3 Å². The van der Waals surface area contributed by atoms with E-state index in [0.29, 0.717) is 25.6 Å². The smallest absolute Gasteiger partial charge is 0.152 e. The minimum Gasteiger partial charge on any atom is -0.382 e. The third-order valence-electron chi connectivity index (χ3n) is 4.27. The van der Waals surface area contributed by atoms with Crippen LogP contribution in [0.5, 0.6) is 0 Å². The Bertz CT molecular complexity index is 841. The first-order chi connectivity index (χ1) is 10.8. The van der Waals surface area contributed by atoms with Crippen LogP contribution in [-0.2, 0) is 11.3 Å². The molecule has 3 aromatic rings. The number of nitrogen functional groups attached to an aromatic ring is 1. The molecular weight excluding hydrogens is 278 g/mol. The van der Waals surface area contributed by atoms with Gasteiger partial charge in [0, 0.05) is 5.39 Å². The highest BCUT2D eigenvalue weighted by Crippen LogP contribution is 2.34. The summed E-state index contributed by atoms with van der Waals surface area (Å²) in [5.74, 6) is 1.40. The van der Waals surface area contributed by atoms with Gasteiger partial charge in [-0.05, 0) is 25.5 Å². The predicted octanol–water partition coefficient (Wildman–Crippen LogP) is 1.98. The SMILES string of the molecule is NCCC[C@@H]1COCc2nc3c(N)nc4ccccc4c3n21. The lowest BCUT2D eigenvalue weighted by atomic mass is 10.1. The zero-order valence-corrected chi connectivity index (χ0v) is 12.3. The van der Waals surface area contributed by atoms with Crippen LogP contribution in [0.2, 0.25) is 0 Å². The molecule has 4 N–H and O–H groups in total. The number of hydrogen-bond donors (Lipinski definition) is 2. The fourth-order valence-corrected chi connectivity index (χ4v) is 3.29. The van der Waals surface area contributed by atoms with Crippen LogP contribution in [0.3, 0.4) is 0 Å². The second-order valence-corrected chi connectivity index (χ2v) is 5.71. The van der Waals surface area contributed by atoms with Gasteiger partial charge in [-0.2, -0.15) is 0 Å². The van der Waals surface area contributed by atoms with Gasteiger partial charge in [-0.1, -0.05) is 18.2 Å². The second-order valence-electron chi connectivity index (χ2n) is 5.71. The molecule has 6 heteroatoms. The fourth-order valence-electron chi connectivity index (χ4n) is 3.29. The van der Waals surface area contributed by atoms with Gasteiger partial charge in [0.1, 0.15) is 17.9 Å². The summed E-state index contributed by atoms with van der Waals surface area (Å²) in [5, 5.41) is 1.09. The number of aromatic nitrogens is 3. The van der Waals surface area contributed by atoms with Crippen molar-refractivity contribution in [3.8, 4) is 0 Å². The molecule has 114 valence electrons. The van der Waals surface area contributed by atoms with Crippen LogP contribution in [0.25, 0.3) is 21.9 Å².